The number of nitrogens with one attached hydrogen (secondary N) is 1. The van der Waals surface area contributed by atoms with Crippen LogP contribution in [0.3, 0.4) is 0 Å². The molecule has 0 amide bonds. The van der Waals surface area contributed by atoms with Gasteiger partial charge in [0.25, 0.3) is 0 Å². The molecule has 1 aromatic carbocycles. The average Bonchev–Trinajstić information content (AvgIpc) is 2.50. The summed E-state index contributed by atoms with van der Waals surface area (Å²) in [6, 6.07) is 3.41. The maximum Gasteiger partial charge on any atom is 0.342 e. The van der Waals surface area contributed by atoms with E-state index in [1.54, 1.807) is 6.07 Å². The van der Waals surface area contributed by atoms with Gasteiger partial charge < -0.3 is 14.8 Å². The summed E-state index contributed by atoms with van der Waals surface area (Å²) in [5.41, 5.74) is 0.724. The lowest BCUT2D eigenvalue weighted by Gasteiger charge is -2.21. The van der Waals surface area contributed by atoms with Gasteiger partial charge in [0.05, 0.1) is 0 Å². The van der Waals surface area contributed by atoms with Gasteiger partial charge in [0.2, 0.25) is 0 Å². The molecule has 0 aliphatic carbocycles. The predicted octanol–water partition coefficient (Wildman–Crippen LogP) is 2.78. The standard InChI is InChI=1S/C14H18ClNO3/c1-14(2,3)19-13(17)11-7-10(15)6-9-8-16-4-5-18-12(9)11/h6-7,16H,4-5,8H2,1-3H3. The van der Waals surface area contributed by atoms with E-state index < -0.39 is 11.6 Å². The summed E-state index contributed by atoms with van der Waals surface area (Å²) < 4.78 is 11.0. The Hall–Kier alpha value is -1.26. The lowest BCUT2D eigenvalue weighted by molar-refractivity contribution is 0.00658. The van der Waals surface area contributed by atoms with E-state index in [9.17, 15) is 4.79 Å². The van der Waals surface area contributed by atoms with E-state index in [0.29, 0.717) is 29.5 Å². The molecule has 4 nitrogen and oxygen atoms in total. The molecule has 0 aromatic heterocycles. The number of halogens is 1. The molecule has 1 aliphatic heterocycles. The minimum Gasteiger partial charge on any atom is -0.491 e. The molecule has 1 heterocycles. The molecule has 1 aromatic rings. The summed E-state index contributed by atoms with van der Waals surface area (Å²) in [5.74, 6) is 0.164. The molecular weight excluding hydrogens is 266 g/mol. The maximum absolute atomic E-state index is 12.2. The third-order valence-electron chi connectivity index (χ3n) is 2.59. The molecule has 1 aliphatic rings. The summed E-state index contributed by atoms with van der Waals surface area (Å²) in [6.07, 6.45) is 0. The van der Waals surface area contributed by atoms with E-state index in [0.717, 1.165) is 12.1 Å². The van der Waals surface area contributed by atoms with Crippen LogP contribution in [0.5, 0.6) is 5.75 Å². The van der Waals surface area contributed by atoms with Gasteiger partial charge in [-0.15, -0.1) is 0 Å². The van der Waals surface area contributed by atoms with Gasteiger partial charge in [0, 0.05) is 23.7 Å². The lowest BCUT2D eigenvalue weighted by atomic mass is 10.1. The highest BCUT2D eigenvalue weighted by Crippen LogP contribution is 2.31. The van der Waals surface area contributed by atoms with Gasteiger partial charge in [0.15, 0.2) is 0 Å². The fourth-order valence-corrected chi connectivity index (χ4v) is 2.13. The second kappa shape index (κ2) is 5.39. The molecule has 0 fully saturated rings. The van der Waals surface area contributed by atoms with Crippen LogP contribution in [0.2, 0.25) is 5.02 Å². The van der Waals surface area contributed by atoms with E-state index >= 15 is 0 Å². The molecule has 0 saturated carbocycles. The number of fused-ring (bicyclic) bond motifs is 1. The number of carbonyl (C=O) groups excluding carboxylic acids is 1. The van der Waals surface area contributed by atoms with Crippen molar-refractivity contribution in [3.05, 3.63) is 28.3 Å². The van der Waals surface area contributed by atoms with Crippen molar-refractivity contribution in [3.8, 4) is 5.75 Å². The van der Waals surface area contributed by atoms with Crippen LogP contribution in [0, 0.1) is 0 Å². The number of hydrogen-bond acceptors (Lipinski definition) is 4. The Labute approximate surface area is 118 Å². The van der Waals surface area contributed by atoms with E-state index in [-0.39, 0.29) is 0 Å². The highest BCUT2D eigenvalue weighted by atomic mass is 35.5. The van der Waals surface area contributed by atoms with Crippen molar-refractivity contribution in [2.24, 2.45) is 0 Å². The highest BCUT2D eigenvalue weighted by Gasteiger charge is 2.24. The third-order valence-corrected chi connectivity index (χ3v) is 2.81. The largest absolute Gasteiger partial charge is 0.491 e. The molecule has 0 unspecified atom stereocenters. The number of esters is 1. The number of ether oxygens (including phenoxy) is 2. The summed E-state index contributed by atoms with van der Waals surface area (Å²) >= 11 is 6.06. The van der Waals surface area contributed by atoms with E-state index in [4.69, 9.17) is 21.1 Å². The van der Waals surface area contributed by atoms with Gasteiger partial charge in [-0.2, -0.15) is 0 Å². The second-order valence-electron chi connectivity index (χ2n) is 5.47. The zero-order valence-corrected chi connectivity index (χ0v) is 12.1. The van der Waals surface area contributed by atoms with Crippen molar-refractivity contribution in [1.82, 2.24) is 5.32 Å². The van der Waals surface area contributed by atoms with Crippen LogP contribution in [0.25, 0.3) is 0 Å². The Kier molecular flexibility index (Phi) is 4.02. The van der Waals surface area contributed by atoms with Crippen LogP contribution in [-0.4, -0.2) is 24.7 Å². The van der Waals surface area contributed by atoms with Gasteiger partial charge in [0.1, 0.15) is 23.5 Å². The number of rotatable bonds is 1. The maximum atomic E-state index is 12.2. The Morgan fingerprint density at radius 1 is 1.42 bits per heavy atom. The average molecular weight is 284 g/mol. The van der Waals surface area contributed by atoms with Crippen molar-refractivity contribution < 1.29 is 14.3 Å². The monoisotopic (exact) mass is 283 g/mol. The highest BCUT2D eigenvalue weighted by molar-refractivity contribution is 6.31. The van der Waals surface area contributed by atoms with Gasteiger partial charge >= 0.3 is 5.97 Å². The van der Waals surface area contributed by atoms with Crippen molar-refractivity contribution in [2.75, 3.05) is 13.2 Å². The summed E-state index contributed by atoms with van der Waals surface area (Å²) in [5, 5.41) is 3.72. The van der Waals surface area contributed by atoms with Crippen molar-refractivity contribution in [1.29, 1.82) is 0 Å². The fraction of sp³-hybridized carbons (Fsp3) is 0.500. The zero-order chi connectivity index (χ0) is 14.0. The minimum atomic E-state index is -0.546. The predicted molar refractivity (Wildman–Crippen MR) is 73.8 cm³/mol. The first kappa shape index (κ1) is 14.2. The molecule has 2 rings (SSSR count). The SMILES string of the molecule is CC(C)(C)OC(=O)c1cc(Cl)cc2c1OCCNC2. The van der Waals surface area contributed by atoms with Crippen LogP contribution < -0.4 is 10.1 Å². The first-order chi connectivity index (χ1) is 8.87. The summed E-state index contributed by atoms with van der Waals surface area (Å²) in [7, 11) is 0. The van der Waals surface area contributed by atoms with Crippen molar-refractivity contribution in [2.45, 2.75) is 32.9 Å². The molecular formula is C14H18ClNO3. The molecule has 5 heteroatoms. The first-order valence-electron chi connectivity index (χ1n) is 6.26. The Morgan fingerprint density at radius 2 is 2.16 bits per heavy atom. The van der Waals surface area contributed by atoms with Crippen molar-refractivity contribution >= 4 is 17.6 Å². The molecule has 1 N–H and O–H groups in total. The second-order valence-corrected chi connectivity index (χ2v) is 5.91. The normalized spacial score (nSPS) is 15.2. The molecule has 0 bridgehead atoms. The zero-order valence-electron chi connectivity index (χ0n) is 11.4. The molecule has 0 atom stereocenters. The van der Waals surface area contributed by atoms with Gasteiger partial charge in [-0.3, -0.25) is 0 Å². The van der Waals surface area contributed by atoms with Crippen LogP contribution >= 0.6 is 11.6 Å². The van der Waals surface area contributed by atoms with Gasteiger partial charge in [-0.25, -0.2) is 4.79 Å². The van der Waals surface area contributed by atoms with Crippen LogP contribution in [0.4, 0.5) is 0 Å². The smallest absolute Gasteiger partial charge is 0.342 e. The van der Waals surface area contributed by atoms with E-state index in [1.165, 1.54) is 0 Å². The van der Waals surface area contributed by atoms with Crippen LogP contribution in [-0.2, 0) is 11.3 Å². The van der Waals surface area contributed by atoms with E-state index in [2.05, 4.69) is 5.32 Å². The number of carbonyl (C=O) groups is 1. The summed E-state index contributed by atoms with van der Waals surface area (Å²) in [6.45, 7) is 7.37. The molecule has 104 valence electrons. The molecule has 0 spiro atoms. The number of benzene rings is 1. The number of hydrogen-bond donors (Lipinski definition) is 1. The lowest BCUT2D eigenvalue weighted by Crippen LogP contribution is -2.24. The van der Waals surface area contributed by atoms with Crippen LogP contribution in [0.1, 0.15) is 36.7 Å². The molecule has 0 radical (unpaired) electrons. The molecule has 19 heavy (non-hydrogen) atoms. The minimum absolute atomic E-state index is 0.390. The van der Waals surface area contributed by atoms with Gasteiger partial charge in [-0.1, -0.05) is 11.6 Å². The Morgan fingerprint density at radius 3 is 2.84 bits per heavy atom. The topological polar surface area (TPSA) is 47.6 Å². The quantitative estimate of drug-likeness (QED) is 0.805. The van der Waals surface area contributed by atoms with Crippen molar-refractivity contribution in [3.63, 3.8) is 0 Å². The Balaban J connectivity index is 2.39. The fourth-order valence-electron chi connectivity index (χ4n) is 1.88. The van der Waals surface area contributed by atoms with Gasteiger partial charge in [-0.05, 0) is 32.9 Å². The van der Waals surface area contributed by atoms with Crippen LogP contribution in [0.15, 0.2) is 12.1 Å². The summed E-state index contributed by atoms with van der Waals surface area (Å²) in [4.78, 5) is 12.2. The Bertz CT molecular complexity index is 494. The van der Waals surface area contributed by atoms with E-state index in [1.807, 2.05) is 26.8 Å². The third kappa shape index (κ3) is 3.61. The molecule has 0 saturated heterocycles. The first-order valence-corrected chi connectivity index (χ1v) is 6.64.